The molecule has 0 saturated carbocycles. The van der Waals surface area contributed by atoms with Gasteiger partial charge in [0, 0.05) is 19.1 Å². The van der Waals surface area contributed by atoms with Crippen molar-refractivity contribution in [2.24, 2.45) is 0 Å². The molecule has 0 radical (unpaired) electrons. The molecule has 5 heteroatoms. The van der Waals surface area contributed by atoms with Gasteiger partial charge >= 0.3 is 0 Å². The van der Waals surface area contributed by atoms with Gasteiger partial charge in [0.2, 0.25) is 0 Å². The Morgan fingerprint density at radius 3 is 3.00 bits per heavy atom. The molecule has 1 N–H and O–H groups in total. The third-order valence-corrected chi connectivity index (χ3v) is 4.30. The van der Waals surface area contributed by atoms with Crippen molar-refractivity contribution >= 4 is 0 Å². The molecule has 1 fully saturated rings. The molecule has 1 aromatic rings. The Morgan fingerprint density at radius 2 is 2.33 bits per heavy atom. The molecule has 0 amide bonds. The molecular formula is C16H26FN3O. The van der Waals surface area contributed by atoms with Gasteiger partial charge in [0.1, 0.15) is 5.82 Å². The zero-order valence-electron chi connectivity index (χ0n) is 13.0. The largest absolute Gasteiger partial charge is 0.387 e. The first-order valence-corrected chi connectivity index (χ1v) is 7.82. The number of aliphatic hydroxyl groups excluding tert-OH is 1. The Hall–Kier alpha value is -1.04. The maximum Gasteiger partial charge on any atom is 0.141 e. The second-order valence-electron chi connectivity index (χ2n) is 5.89. The summed E-state index contributed by atoms with van der Waals surface area (Å²) in [6, 6.07) is 3.53. The summed E-state index contributed by atoms with van der Waals surface area (Å²) in [6.07, 6.45) is 3.70. The molecular weight excluding hydrogens is 269 g/mol. The summed E-state index contributed by atoms with van der Waals surface area (Å²) in [5, 5.41) is 10.1. The fourth-order valence-electron chi connectivity index (χ4n) is 3.04. The summed E-state index contributed by atoms with van der Waals surface area (Å²) in [5.74, 6) is -0.371. The van der Waals surface area contributed by atoms with Gasteiger partial charge < -0.3 is 10.0 Å². The van der Waals surface area contributed by atoms with Crippen LogP contribution in [0.2, 0.25) is 0 Å². The van der Waals surface area contributed by atoms with E-state index in [0.717, 1.165) is 25.8 Å². The third kappa shape index (κ3) is 4.73. The van der Waals surface area contributed by atoms with Gasteiger partial charge in [0.15, 0.2) is 0 Å². The van der Waals surface area contributed by atoms with Crippen molar-refractivity contribution in [3.63, 3.8) is 0 Å². The van der Waals surface area contributed by atoms with Crippen LogP contribution in [0.3, 0.4) is 0 Å². The molecule has 0 spiro atoms. The number of pyridine rings is 1. The fraction of sp³-hybridized carbons (Fsp3) is 0.688. The number of hydrogen-bond donors (Lipinski definition) is 1. The quantitative estimate of drug-likeness (QED) is 0.836. The number of rotatable bonds is 7. The minimum absolute atomic E-state index is 0.371. The molecule has 21 heavy (non-hydrogen) atoms. The number of halogens is 1. The first-order valence-electron chi connectivity index (χ1n) is 7.82. The second kappa shape index (κ2) is 7.82. The van der Waals surface area contributed by atoms with Crippen LogP contribution < -0.4 is 0 Å². The highest BCUT2D eigenvalue weighted by Crippen LogP contribution is 2.18. The molecule has 1 aliphatic rings. The van der Waals surface area contributed by atoms with E-state index >= 15 is 0 Å². The molecule has 1 aromatic heterocycles. The number of hydrogen-bond acceptors (Lipinski definition) is 4. The molecule has 2 atom stereocenters. The Morgan fingerprint density at radius 1 is 1.52 bits per heavy atom. The van der Waals surface area contributed by atoms with Crippen molar-refractivity contribution in [1.29, 1.82) is 0 Å². The maximum absolute atomic E-state index is 12.8. The van der Waals surface area contributed by atoms with Crippen LogP contribution in [0.15, 0.2) is 18.3 Å². The van der Waals surface area contributed by atoms with Crippen LogP contribution >= 0.6 is 0 Å². The van der Waals surface area contributed by atoms with E-state index in [2.05, 4.69) is 28.8 Å². The standard InChI is InChI=1S/C16H26FN3O/c1-3-20-9-4-5-14(20)12-19(2)10-8-16(21)15-7-6-13(17)11-18-15/h6-7,11,14,16,21H,3-5,8-10,12H2,1-2H3. The normalized spacial score (nSPS) is 21.1. The van der Waals surface area contributed by atoms with Crippen LogP contribution in [0.5, 0.6) is 0 Å². The average Bonchev–Trinajstić information content (AvgIpc) is 2.92. The van der Waals surface area contributed by atoms with Gasteiger partial charge in [0.05, 0.1) is 18.0 Å². The highest BCUT2D eigenvalue weighted by Gasteiger charge is 2.24. The van der Waals surface area contributed by atoms with Gasteiger partial charge in [-0.05, 0) is 51.5 Å². The minimum Gasteiger partial charge on any atom is -0.387 e. The molecule has 0 bridgehead atoms. The predicted molar refractivity (Wildman–Crippen MR) is 81.5 cm³/mol. The Balaban J connectivity index is 1.75. The van der Waals surface area contributed by atoms with Crippen LogP contribution in [0.4, 0.5) is 4.39 Å². The van der Waals surface area contributed by atoms with Crippen molar-refractivity contribution in [3.05, 3.63) is 29.8 Å². The lowest BCUT2D eigenvalue weighted by Crippen LogP contribution is -2.39. The van der Waals surface area contributed by atoms with Crippen molar-refractivity contribution < 1.29 is 9.50 Å². The minimum atomic E-state index is -0.626. The van der Waals surface area contributed by atoms with E-state index in [4.69, 9.17) is 0 Å². The first-order chi connectivity index (χ1) is 10.1. The molecule has 2 heterocycles. The molecule has 1 aliphatic heterocycles. The van der Waals surface area contributed by atoms with Crippen LogP contribution in [0.1, 0.15) is 38.0 Å². The lowest BCUT2D eigenvalue weighted by Gasteiger charge is -2.28. The molecule has 4 nitrogen and oxygen atoms in total. The van der Waals surface area contributed by atoms with Gasteiger partial charge in [0.25, 0.3) is 0 Å². The molecule has 0 aromatic carbocycles. The van der Waals surface area contributed by atoms with Gasteiger partial charge in [-0.15, -0.1) is 0 Å². The number of aliphatic hydroxyl groups is 1. The maximum atomic E-state index is 12.8. The average molecular weight is 295 g/mol. The fourth-order valence-corrected chi connectivity index (χ4v) is 3.04. The summed E-state index contributed by atoms with van der Waals surface area (Å²) >= 11 is 0. The van der Waals surface area contributed by atoms with E-state index in [1.54, 1.807) is 6.07 Å². The molecule has 2 rings (SSSR count). The zero-order valence-corrected chi connectivity index (χ0v) is 13.0. The lowest BCUT2D eigenvalue weighted by molar-refractivity contribution is 0.133. The summed E-state index contributed by atoms with van der Waals surface area (Å²) in [4.78, 5) is 8.72. The Kier molecular flexibility index (Phi) is 6.08. The summed E-state index contributed by atoms with van der Waals surface area (Å²) in [6.45, 7) is 6.38. The van der Waals surface area contributed by atoms with E-state index in [9.17, 15) is 9.50 Å². The number of nitrogens with zero attached hydrogens (tertiary/aromatic N) is 3. The van der Waals surface area contributed by atoms with E-state index in [1.807, 2.05) is 0 Å². The predicted octanol–water partition coefficient (Wildman–Crippen LogP) is 2.06. The zero-order chi connectivity index (χ0) is 15.2. The van der Waals surface area contributed by atoms with Gasteiger partial charge in [-0.2, -0.15) is 0 Å². The smallest absolute Gasteiger partial charge is 0.141 e. The van der Waals surface area contributed by atoms with Crippen molar-refractivity contribution in [3.8, 4) is 0 Å². The van der Waals surface area contributed by atoms with E-state index < -0.39 is 6.10 Å². The molecule has 0 aliphatic carbocycles. The molecule has 118 valence electrons. The van der Waals surface area contributed by atoms with E-state index in [1.165, 1.54) is 25.5 Å². The van der Waals surface area contributed by atoms with Gasteiger partial charge in [-0.3, -0.25) is 9.88 Å². The highest BCUT2D eigenvalue weighted by atomic mass is 19.1. The number of likely N-dealkylation sites (N-methyl/N-ethyl adjacent to an activating group) is 2. The highest BCUT2D eigenvalue weighted by molar-refractivity contribution is 5.07. The van der Waals surface area contributed by atoms with Gasteiger partial charge in [-0.1, -0.05) is 6.92 Å². The monoisotopic (exact) mass is 295 g/mol. The number of likely N-dealkylation sites (tertiary alicyclic amines) is 1. The van der Waals surface area contributed by atoms with E-state index in [-0.39, 0.29) is 5.82 Å². The Bertz CT molecular complexity index is 426. The van der Waals surface area contributed by atoms with Crippen molar-refractivity contribution in [2.75, 3.05) is 33.2 Å². The topological polar surface area (TPSA) is 39.6 Å². The summed E-state index contributed by atoms with van der Waals surface area (Å²) in [7, 11) is 2.09. The van der Waals surface area contributed by atoms with Crippen LogP contribution in [-0.2, 0) is 0 Å². The lowest BCUT2D eigenvalue weighted by atomic mass is 10.1. The molecule has 1 saturated heterocycles. The second-order valence-corrected chi connectivity index (χ2v) is 5.89. The number of aromatic nitrogens is 1. The summed E-state index contributed by atoms with van der Waals surface area (Å²) in [5.41, 5.74) is 0.542. The van der Waals surface area contributed by atoms with Crippen molar-refractivity contribution in [1.82, 2.24) is 14.8 Å². The van der Waals surface area contributed by atoms with Crippen LogP contribution in [0, 0.1) is 5.82 Å². The molecule has 2 unspecified atom stereocenters. The Labute approximate surface area is 126 Å². The van der Waals surface area contributed by atoms with Crippen LogP contribution in [-0.4, -0.2) is 59.2 Å². The van der Waals surface area contributed by atoms with Crippen molar-refractivity contribution in [2.45, 2.75) is 38.3 Å². The third-order valence-electron chi connectivity index (χ3n) is 4.30. The summed E-state index contributed by atoms with van der Waals surface area (Å²) < 4.78 is 12.8. The SMILES string of the molecule is CCN1CCCC1CN(C)CCC(O)c1ccc(F)cn1. The first kappa shape index (κ1) is 16.3. The van der Waals surface area contributed by atoms with Crippen LogP contribution in [0.25, 0.3) is 0 Å². The van der Waals surface area contributed by atoms with E-state index in [0.29, 0.717) is 18.2 Å². The van der Waals surface area contributed by atoms with Gasteiger partial charge in [-0.25, -0.2) is 4.39 Å².